The second-order valence-electron chi connectivity index (χ2n) is 4.46. The summed E-state index contributed by atoms with van der Waals surface area (Å²) < 4.78 is 7.04. The molecule has 0 bridgehead atoms. The van der Waals surface area contributed by atoms with E-state index in [1.165, 1.54) is 10.8 Å². The molecule has 1 aromatic rings. The Labute approximate surface area is 123 Å². The van der Waals surface area contributed by atoms with Gasteiger partial charge in [-0.25, -0.2) is 0 Å². The molecule has 1 saturated heterocycles. The second-order valence-corrected chi connectivity index (χ2v) is 5.23. The summed E-state index contributed by atoms with van der Waals surface area (Å²) in [4.78, 5) is 15.5. The first-order valence-electron chi connectivity index (χ1n) is 5.96. The molecule has 0 spiro atoms. The van der Waals surface area contributed by atoms with Crippen molar-refractivity contribution in [3.8, 4) is 0 Å². The molecule has 2 rings (SSSR count). The van der Waals surface area contributed by atoms with E-state index in [-0.39, 0.29) is 11.3 Å². The fraction of sp³-hybridized carbons (Fsp3) is 0.636. The summed E-state index contributed by atoms with van der Waals surface area (Å²) in [5.74, 6) is 0. The second kappa shape index (κ2) is 6.31. The number of ether oxygens (including phenoxy) is 1. The normalized spacial score (nSPS) is 29.8. The first kappa shape index (κ1) is 15.6. The van der Waals surface area contributed by atoms with E-state index in [2.05, 4.69) is 26.3 Å². The van der Waals surface area contributed by atoms with Gasteiger partial charge in [-0.3, -0.25) is 0 Å². The molecule has 8 nitrogen and oxygen atoms in total. The fourth-order valence-corrected chi connectivity index (χ4v) is 2.57. The summed E-state index contributed by atoms with van der Waals surface area (Å²) in [5.41, 5.74) is -0.0587. The zero-order chi connectivity index (χ0) is 14.9. The third-order valence-electron chi connectivity index (χ3n) is 3.11. The molecule has 1 aliphatic rings. The predicted molar refractivity (Wildman–Crippen MR) is 69.9 cm³/mol. The Morgan fingerprint density at radius 1 is 1.50 bits per heavy atom. The summed E-state index contributed by atoms with van der Waals surface area (Å²) in [7, 11) is 1.57. The van der Waals surface area contributed by atoms with Gasteiger partial charge in [0, 0.05) is 0 Å². The molecule has 0 saturated carbocycles. The van der Waals surface area contributed by atoms with Gasteiger partial charge in [-0.05, 0) is 0 Å². The van der Waals surface area contributed by atoms with Gasteiger partial charge >= 0.3 is 123 Å². The van der Waals surface area contributed by atoms with Crippen molar-refractivity contribution < 1.29 is 20.1 Å². The number of aliphatic hydroxyl groups excluding tert-OH is 3. The molecular weight excluding hydrogens is 333 g/mol. The van der Waals surface area contributed by atoms with E-state index >= 15 is 0 Å². The van der Waals surface area contributed by atoms with Crippen molar-refractivity contribution in [2.24, 2.45) is 0 Å². The molecule has 0 amide bonds. The quantitative estimate of drug-likeness (QED) is 0.504. The van der Waals surface area contributed by atoms with Crippen LogP contribution in [0.5, 0.6) is 0 Å². The molecule has 0 aromatic carbocycles. The number of hydrogen-bond acceptors (Lipinski definition) is 6. The standard InChI is InChI=1S/C11H15N3O5Se/c1-12-2-5-3-14(11(20)13-9(5)18)10-8(17)7(16)6(4-15)19-10/h3,6-8,10,15-17H,2,4H2,1H3/q-1/t6-,7-,8-,10-/m1/s1. The van der Waals surface area contributed by atoms with Crippen LogP contribution < -0.4 is 10.3 Å². The van der Waals surface area contributed by atoms with Crippen molar-refractivity contribution in [1.29, 1.82) is 0 Å². The van der Waals surface area contributed by atoms with Crippen LogP contribution in [0.15, 0.2) is 11.0 Å². The number of aromatic nitrogens is 2. The Balaban J connectivity index is 2.37. The number of hydrogen-bond donors (Lipinski definition) is 3. The van der Waals surface area contributed by atoms with Crippen LogP contribution >= 0.6 is 0 Å². The van der Waals surface area contributed by atoms with E-state index < -0.39 is 36.7 Å². The third kappa shape index (κ3) is 2.79. The average Bonchev–Trinajstić information content (AvgIpc) is 2.70. The SMILES string of the molecule is C[N-]Cc1cn([C@@H]2O[C@H](CO)[C@@H](O)[C@H]2O)c([Se])nc1=O. The third-order valence-corrected chi connectivity index (χ3v) is 3.74. The van der Waals surface area contributed by atoms with E-state index in [0.29, 0.717) is 5.56 Å². The van der Waals surface area contributed by atoms with Crippen molar-refractivity contribution in [2.75, 3.05) is 13.7 Å². The van der Waals surface area contributed by atoms with Crippen LogP contribution in [-0.2, 0) is 11.3 Å². The maximum atomic E-state index is 11.7. The molecule has 1 aromatic heterocycles. The van der Waals surface area contributed by atoms with Crippen molar-refractivity contribution >= 4 is 20.7 Å². The van der Waals surface area contributed by atoms with E-state index in [9.17, 15) is 15.0 Å². The molecule has 0 aliphatic carbocycles. The van der Waals surface area contributed by atoms with Gasteiger partial charge in [0.05, 0.1) is 0 Å². The van der Waals surface area contributed by atoms with Crippen molar-refractivity contribution in [3.63, 3.8) is 0 Å². The zero-order valence-electron chi connectivity index (χ0n) is 10.7. The van der Waals surface area contributed by atoms with Crippen molar-refractivity contribution in [2.45, 2.75) is 31.1 Å². The summed E-state index contributed by atoms with van der Waals surface area (Å²) in [6.07, 6.45) is -2.76. The topological polar surface area (TPSA) is 119 Å². The van der Waals surface area contributed by atoms with Gasteiger partial charge in [0.15, 0.2) is 0 Å². The Morgan fingerprint density at radius 2 is 2.20 bits per heavy atom. The number of nitrogens with zero attached hydrogens (tertiary/aromatic N) is 3. The van der Waals surface area contributed by atoms with Crippen LogP contribution in [-0.4, -0.2) is 72.8 Å². The Kier molecular flexibility index (Phi) is 4.92. The molecular formula is C11H15N3O5Se-. The van der Waals surface area contributed by atoms with Crippen LogP contribution in [0.3, 0.4) is 0 Å². The van der Waals surface area contributed by atoms with Crippen molar-refractivity contribution in [1.82, 2.24) is 9.55 Å². The molecule has 2 heterocycles. The molecule has 3 N–H and O–H groups in total. The van der Waals surface area contributed by atoms with Gasteiger partial charge in [-0.2, -0.15) is 0 Å². The molecule has 20 heavy (non-hydrogen) atoms. The average molecular weight is 348 g/mol. The minimum atomic E-state index is -1.23. The first-order valence-corrected chi connectivity index (χ1v) is 6.82. The molecule has 1 aliphatic heterocycles. The van der Waals surface area contributed by atoms with Crippen LogP contribution in [0.2, 0.25) is 0 Å². The maximum absolute atomic E-state index is 11.7. The molecule has 9 heteroatoms. The van der Waals surface area contributed by atoms with E-state index in [1.807, 2.05) is 0 Å². The van der Waals surface area contributed by atoms with Gasteiger partial charge < -0.3 is 0 Å². The molecule has 1 radical (unpaired) electrons. The molecule has 1 fully saturated rings. The van der Waals surface area contributed by atoms with Gasteiger partial charge in [-0.1, -0.05) is 0 Å². The van der Waals surface area contributed by atoms with Crippen LogP contribution in [0.1, 0.15) is 11.8 Å². The summed E-state index contributed by atoms with van der Waals surface area (Å²) in [6, 6.07) is 0. The summed E-state index contributed by atoms with van der Waals surface area (Å²) in [6.45, 7) is -0.219. The Hall–Kier alpha value is -0.801. The Bertz CT molecular complexity index is 537. The van der Waals surface area contributed by atoms with Crippen LogP contribution in [0.25, 0.3) is 5.32 Å². The van der Waals surface area contributed by atoms with E-state index in [1.54, 1.807) is 7.05 Å². The zero-order valence-corrected chi connectivity index (χ0v) is 12.4. The molecule has 111 valence electrons. The van der Waals surface area contributed by atoms with Gasteiger partial charge in [0.1, 0.15) is 0 Å². The monoisotopic (exact) mass is 349 g/mol. The van der Waals surface area contributed by atoms with Gasteiger partial charge in [-0.15, -0.1) is 0 Å². The Morgan fingerprint density at radius 3 is 2.75 bits per heavy atom. The van der Waals surface area contributed by atoms with Crippen LogP contribution in [0, 0.1) is 0 Å². The summed E-state index contributed by atoms with van der Waals surface area (Å²) >= 11 is 2.61. The van der Waals surface area contributed by atoms with Crippen LogP contribution in [0.4, 0.5) is 0 Å². The number of aliphatic hydroxyl groups is 3. The molecule has 0 unspecified atom stereocenters. The number of rotatable bonds is 4. The van der Waals surface area contributed by atoms with E-state index in [4.69, 9.17) is 9.84 Å². The van der Waals surface area contributed by atoms with Gasteiger partial charge in [0.2, 0.25) is 0 Å². The van der Waals surface area contributed by atoms with Crippen molar-refractivity contribution in [3.05, 3.63) is 27.4 Å². The molecule has 4 atom stereocenters. The predicted octanol–water partition coefficient (Wildman–Crippen LogP) is -2.85. The van der Waals surface area contributed by atoms with Gasteiger partial charge in [0.25, 0.3) is 0 Å². The van der Waals surface area contributed by atoms with E-state index in [0.717, 1.165) is 0 Å². The summed E-state index contributed by atoms with van der Waals surface area (Å²) in [5, 5.41) is 32.7. The fourth-order valence-electron chi connectivity index (χ4n) is 2.07. The minimum absolute atomic E-state index is 0.195. The first-order chi connectivity index (χ1) is 9.49.